The molecular weight excluding hydrogens is 116 g/mol. The Kier molecular flexibility index (Phi) is 3.45. The summed E-state index contributed by atoms with van der Waals surface area (Å²) in [5, 5.41) is 8.32. The Morgan fingerprint density at radius 1 is 1.89 bits per heavy atom. The summed E-state index contributed by atoms with van der Waals surface area (Å²) < 4.78 is 0. The largest absolute Gasteiger partial charge is 0.370 e. The van der Waals surface area contributed by atoms with Crippen LogP contribution in [0.15, 0.2) is 0 Å². The highest BCUT2D eigenvalue weighted by Gasteiger charge is 2.06. The van der Waals surface area contributed by atoms with Crippen LogP contribution in [0.1, 0.15) is 19.8 Å². The number of nitrogens with zero attached hydrogens (tertiary/aromatic N) is 1. The monoisotopic (exact) mass is 126 g/mol. The van der Waals surface area contributed by atoms with Gasteiger partial charge in [-0.15, -0.1) is 0 Å². The highest BCUT2D eigenvalue weighted by atomic mass is 16.1. The molecule has 0 aliphatic heterocycles. The number of amides is 1. The Labute approximate surface area is 54.5 Å². The van der Waals surface area contributed by atoms with E-state index >= 15 is 0 Å². The maximum absolute atomic E-state index is 10.2. The first-order valence-electron chi connectivity index (χ1n) is 2.88. The molecule has 1 unspecified atom stereocenters. The molecule has 0 bridgehead atoms. The lowest BCUT2D eigenvalue weighted by Crippen LogP contribution is -2.14. The van der Waals surface area contributed by atoms with Gasteiger partial charge in [0.1, 0.15) is 0 Å². The molecule has 0 aliphatic rings. The van der Waals surface area contributed by atoms with Crippen molar-refractivity contribution >= 4 is 5.91 Å². The minimum atomic E-state index is -0.400. The summed E-state index contributed by atoms with van der Waals surface area (Å²) >= 11 is 0. The van der Waals surface area contributed by atoms with Crippen molar-refractivity contribution < 1.29 is 4.79 Å². The second kappa shape index (κ2) is 3.90. The first-order chi connectivity index (χ1) is 4.20. The van der Waals surface area contributed by atoms with Crippen molar-refractivity contribution in [1.82, 2.24) is 0 Å². The van der Waals surface area contributed by atoms with E-state index in [0.29, 0.717) is 6.42 Å². The molecule has 2 N–H and O–H groups in total. The first-order valence-corrected chi connectivity index (χ1v) is 2.88. The minimum absolute atomic E-state index is 0.188. The van der Waals surface area contributed by atoms with E-state index in [0.717, 1.165) is 0 Å². The maximum Gasteiger partial charge on any atom is 0.218 e. The fourth-order valence-electron chi connectivity index (χ4n) is 0.524. The van der Waals surface area contributed by atoms with Gasteiger partial charge >= 0.3 is 0 Å². The van der Waals surface area contributed by atoms with E-state index in [1.807, 2.05) is 13.0 Å². The smallest absolute Gasteiger partial charge is 0.218 e. The predicted octanol–water partition coefficient (Wildman–Crippen LogP) is 0.412. The van der Waals surface area contributed by atoms with Crippen molar-refractivity contribution in [3.05, 3.63) is 0 Å². The number of hydrogen-bond donors (Lipinski definition) is 1. The maximum atomic E-state index is 10.2. The molecule has 0 aliphatic carbocycles. The van der Waals surface area contributed by atoms with Gasteiger partial charge in [0.2, 0.25) is 5.91 Å². The van der Waals surface area contributed by atoms with Gasteiger partial charge < -0.3 is 5.73 Å². The normalized spacial score (nSPS) is 12.0. The van der Waals surface area contributed by atoms with Gasteiger partial charge in [-0.2, -0.15) is 5.26 Å². The topological polar surface area (TPSA) is 66.9 Å². The summed E-state index contributed by atoms with van der Waals surface area (Å²) in [5.74, 6) is -0.592. The molecule has 0 saturated carbocycles. The van der Waals surface area contributed by atoms with Gasteiger partial charge in [0.05, 0.1) is 12.0 Å². The summed E-state index contributed by atoms with van der Waals surface area (Å²) in [5.41, 5.74) is 4.85. The van der Waals surface area contributed by atoms with Gasteiger partial charge in [0.25, 0.3) is 0 Å². The van der Waals surface area contributed by atoms with Gasteiger partial charge in [-0.25, -0.2) is 0 Å². The Morgan fingerprint density at radius 3 is 2.56 bits per heavy atom. The van der Waals surface area contributed by atoms with Crippen molar-refractivity contribution in [1.29, 1.82) is 5.26 Å². The molecule has 0 heterocycles. The summed E-state index contributed by atoms with van der Waals surface area (Å²) in [6, 6.07) is 1.98. The Balaban J connectivity index is 3.60. The standard InChI is InChI=1S/C6H10N2O/c1-2-5(4-7)3-6(8)9/h5H,2-3H2,1H3,(H2,8,9). The van der Waals surface area contributed by atoms with Gasteiger partial charge in [-0.3, -0.25) is 4.79 Å². The van der Waals surface area contributed by atoms with Crippen LogP contribution in [-0.4, -0.2) is 5.91 Å². The van der Waals surface area contributed by atoms with Crippen molar-refractivity contribution in [2.24, 2.45) is 11.7 Å². The van der Waals surface area contributed by atoms with Crippen LogP contribution in [0, 0.1) is 17.2 Å². The molecule has 0 radical (unpaired) electrons. The molecule has 3 heteroatoms. The van der Waals surface area contributed by atoms with Gasteiger partial charge in [0.15, 0.2) is 0 Å². The highest BCUT2D eigenvalue weighted by Crippen LogP contribution is 2.04. The van der Waals surface area contributed by atoms with Crippen LogP contribution >= 0.6 is 0 Å². The number of carbonyl (C=O) groups excluding carboxylic acids is 1. The Morgan fingerprint density at radius 2 is 2.44 bits per heavy atom. The zero-order chi connectivity index (χ0) is 7.28. The van der Waals surface area contributed by atoms with Crippen LogP contribution in [0.3, 0.4) is 0 Å². The van der Waals surface area contributed by atoms with Gasteiger partial charge in [0, 0.05) is 6.42 Å². The van der Waals surface area contributed by atoms with Crippen molar-refractivity contribution in [2.45, 2.75) is 19.8 Å². The quantitative estimate of drug-likeness (QED) is 0.595. The van der Waals surface area contributed by atoms with E-state index in [9.17, 15) is 4.79 Å². The van der Waals surface area contributed by atoms with Crippen LogP contribution in [0.5, 0.6) is 0 Å². The molecule has 0 saturated heterocycles. The third kappa shape index (κ3) is 3.53. The first kappa shape index (κ1) is 7.96. The molecule has 0 aromatic rings. The van der Waals surface area contributed by atoms with Gasteiger partial charge in [-0.05, 0) is 6.42 Å². The SMILES string of the molecule is CCC(C#N)CC(N)=O. The molecule has 0 rings (SSSR count). The predicted molar refractivity (Wildman–Crippen MR) is 33.2 cm³/mol. The number of primary amides is 1. The Hall–Kier alpha value is -1.04. The number of carbonyl (C=O) groups is 1. The molecule has 3 nitrogen and oxygen atoms in total. The summed E-state index contributed by atoms with van der Waals surface area (Å²) in [6.07, 6.45) is 0.881. The molecule has 50 valence electrons. The van der Waals surface area contributed by atoms with E-state index in [2.05, 4.69) is 0 Å². The van der Waals surface area contributed by atoms with E-state index in [1.165, 1.54) is 0 Å². The lowest BCUT2D eigenvalue weighted by molar-refractivity contribution is -0.118. The van der Waals surface area contributed by atoms with Crippen LogP contribution < -0.4 is 5.73 Å². The molecule has 0 aromatic carbocycles. The van der Waals surface area contributed by atoms with Gasteiger partial charge in [-0.1, -0.05) is 6.92 Å². The average Bonchev–Trinajstić information content (AvgIpc) is 1.82. The van der Waals surface area contributed by atoms with Crippen LogP contribution in [-0.2, 0) is 4.79 Å². The fourth-order valence-corrected chi connectivity index (χ4v) is 0.524. The van der Waals surface area contributed by atoms with Crippen molar-refractivity contribution in [3.8, 4) is 6.07 Å². The third-order valence-electron chi connectivity index (χ3n) is 1.12. The van der Waals surface area contributed by atoms with Crippen molar-refractivity contribution in [2.75, 3.05) is 0 Å². The summed E-state index contributed by atoms with van der Waals surface area (Å²) in [6.45, 7) is 1.86. The zero-order valence-corrected chi connectivity index (χ0v) is 5.42. The Bertz CT molecular complexity index is 136. The molecule has 0 fully saturated rings. The molecule has 0 aromatic heterocycles. The molecule has 1 amide bonds. The molecule has 0 spiro atoms. The van der Waals surface area contributed by atoms with Crippen LogP contribution in [0.2, 0.25) is 0 Å². The molecular formula is C6H10N2O. The molecule has 9 heavy (non-hydrogen) atoms. The van der Waals surface area contributed by atoms with E-state index in [1.54, 1.807) is 0 Å². The van der Waals surface area contributed by atoms with E-state index in [4.69, 9.17) is 11.0 Å². The zero-order valence-electron chi connectivity index (χ0n) is 5.42. The number of nitrogens with two attached hydrogens (primary N) is 1. The lowest BCUT2D eigenvalue weighted by Gasteiger charge is -1.98. The summed E-state index contributed by atoms with van der Waals surface area (Å²) in [7, 11) is 0. The van der Waals surface area contributed by atoms with Crippen molar-refractivity contribution in [3.63, 3.8) is 0 Å². The molecule has 1 atom stereocenters. The summed E-state index contributed by atoms with van der Waals surface area (Å²) in [4.78, 5) is 10.2. The second-order valence-electron chi connectivity index (χ2n) is 1.90. The minimum Gasteiger partial charge on any atom is -0.370 e. The van der Waals surface area contributed by atoms with E-state index < -0.39 is 5.91 Å². The number of hydrogen-bond acceptors (Lipinski definition) is 2. The van der Waals surface area contributed by atoms with Crippen LogP contribution in [0.4, 0.5) is 0 Å². The number of rotatable bonds is 3. The highest BCUT2D eigenvalue weighted by molar-refractivity contribution is 5.74. The van der Waals surface area contributed by atoms with E-state index in [-0.39, 0.29) is 12.3 Å². The third-order valence-corrected chi connectivity index (χ3v) is 1.12. The second-order valence-corrected chi connectivity index (χ2v) is 1.90. The van der Waals surface area contributed by atoms with Crippen LogP contribution in [0.25, 0.3) is 0 Å². The average molecular weight is 126 g/mol. The fraction of sp³-hybridized carbons (Fsp3) is 0.667. The number of nitriles is 1. The lowest BCUT2D eigenvalue weighted by atomic mass is 10.0.